The number of rotatable bonds is 2. The molecule has 0 amide bonds. The van der Waals surface area contributed by atoms with Crippen LogP contribution in [-0.2, 0) is 4.57 Å². The molecule has 0 fully saturated rings. The van der Waals surface area contributed by atoms with Gasteiger partial charge in [0.15, 0.2) is 0 Å². The van der Waals surface area contributed by atoms with Crippen LogP contribution in [0.3, 0.4) is 0 Å². The molecule has 0 aliphatic heterocycles. The number of pyridine rings is 1. The SMILES string of the molecule is CC(c1cccnc1)P(C)(C)=O. The monoisotopic (exact) mass is 183 g/mol. The number of hydrogen-bond donors (Lipinski definition) is 0. The molecule has 1 aromatic rings. The summed E-state index contributed by atoms with van der Waals surface area (Å²) >= 11 is 0. The van der Waals surface area contributed by atoms with E-state index in [-0.39, 0.29) is 5.66 Å². The van der Waals surface area contributed by atoms with Gasteiger partial charge in [0.1, 0.15) is 0 Å². The molecule has 1 unspecified atom stereocenters. The molecule has 0 aliphatic carbocycles. The molecule has 0 saturated heterocycles. The number of aromatic nitrogens is 1. The Morgan fingerprint density at radius 3 is 2.58 bits per heavy atom. The van der Waals surface area contributed by atoms with E-state index in [9.17, 15) is 4.57 Å². The second-order valence-electron chi connectivity index (χ2n) is 3.40. The third-order valence-corrected chi connectivity index (χ3v) is 4.26. The van der Waals surface area contributed by atoms with E-state index in [2.05, 4.69) is 4.98 Å². The van der Waals surface area contributed by atoms with Gasteiger partial charge in [-0.15, -0.1) is 0 Å². The van der Waals surface area contributed by atoms with E-state index in [0.29, 0.717) is 0 Å². The molecule has 66 valence electrons. The van der Waals surface area contributed by atoms with Gasteiger partial charge in [-0.2, -0.15) is 0 Å². The van der Waals surface area contributed by atoms with Crippen molar-refractivity contribution in [3.8, 4) is 0 Å². The Morgan fingerprint density at radius 2 is 2.17 bits per heavy atom. The lowest BCUT2D eigenvalue weighted by Gasteiger charge is -2.15. The maximum Gasteiger partial charge on any atom is 0.0888 e. The largest absolute Gasteiger partial charge is 0.324 e. The smallest absolute Gasteiger partial charge is 0.0888 e. The Labute approximate surface area is 73.4 Å². The highest BCUT2D eigenvalue weighted by molar-refractivity contribution is 7.62. The standard InChI is InChI=1S/C9H14NOP/c1-8(12(2,3)11)9-5-4-6-10-7-9/h4-8H,1-3H3. The normalized spacial score (nSPS) is 14.2. The van der Waals surface area contributed by atoms with Gasteiger partial charge in [0, 0.05) is 18.1 Å². The lowest BCUT2D eigenvalue weighted by molar-refractivity contribution is 0.575. The van der Waals surface area contributed by atoms with Crippen molar-refractivity contribution in [1.29, 1.82) is 0 Å². The molecule has 2 nitrogen and oxygen atoms in total. The zero-order chi connectivity index (χ0) is 9.19. The molecule has 0 spiro atoms. The van der Waals surface area contributed by atoms with Crippen LogP contribution in [-0.4, -0.2) is 18.3 Å². The quantitative estimate of drug-likeness (QED) is 0.660. The lowest BCUT2D eigenvalue weighted by Crippen LogP contribution is -1.93. The maximum atomic E-state index is 11.7. The molecule has 0 aromatic carbocycles. The van der Waals surface area contributed by atoms with E-state index in [1.165, 1.54) is 0 Å². The van der Waals surface area contributed by atoms with Crippen LogP contribution in [0.5, 0.6) is 0 Å². The fourth-order valence-electron chi connectivity index (χ4n) is 0.982. The fraction of sp³-hybridized carbons (Fsp3) is 0.444. The molecule has 0 saturated carbocycles. The predicted molar refractivity (Wildman–Crippen MR) is 52.1 cm³/mol. The van der Waals surface area contributed by atoms with Gasteiger partial charge in [0.2, 0.25) is 0 Å². The minimum Gasteiger partial charge on any atom is -0.324 e. The van der Waals surface area contributed by atoms with Gasteiger partial charge >= 0.3 is 0 Å². The highest BCUT2D eigenvalue weighted by atomic mass is 31.2. The van der Waals surface area contributed by atoms with E-state index in [1.54, 1.807) is 12.4 Å². The summed E-state index contributed by atoms with van der Waals surface area (Å²) in [5, 5.41) is 0. The third-order valence-electron chi connectivity index (χ3n) is 2.10. The first kappa shape index (κ1) is 9.47. The van der Waals surface area contributed by atoms with Crippen LogP contribution >= 0.6 is 7.14 Å². The average Bonchev–Trinajstić information content (AvgIpc) is 2.03. The minimum absolute atomic E-state index is 0.117. The van der Waals surface area contributed by atoms with Crippen molar-refractivity contribution in [2.24, 2.45) is 0 Å². The Bertz CT molecular complexity index is 291. The molecule has 1 atom stereocenters. The molecule has 0 radical (unpaired) electrons. The zero-order valence-electron chi connectivity index (χ0n) is 7.69. The molecule has 1 rings (SSSR count). The summed E-state index contributed by atoms with van der Waals surface area (Å²) < 4.78 is 11.7. The Morgan fingerprint density at radius 1 is 1.50 bits per heavy atom. The fourth-order valence-corrected chi connectivity index (χ4v) is 1.85. The van der Waals surface area contributed by atoms with Crippen molar-refractivity contribution in [3.05, 3.63) is 30.1 Å². The van der Waals surface area contributed by atoms with Crippen molar-refractivity contribution in [2.45, 2.75) is 12.6 Å². The van der Waals surface area contributed by atoms with Crippen LogP contribution in [0.4, 0.5) is 0 Å². The van der Waals surface area contributed by atoms with Gasteiger partial charge in [-0.3, -0.25) is 4.98 Å². The van der Waals surface area contributed by atoms with Gasteiger partial charge in [-0.25, -0.2) is 0 Å². The van der Waals surface area contributed by atoms with E-state index >= 15 is 0 Å². The first-order valence-electron chi connectivity index (χ1n) is 3.96. The van der Waals surface area contributed by atoms with E-state index in [0.717, 1.165) is 5.56 Å². The predicted octanol–water partition coefficient (Wildman–Crippen LogP) is 2.77. The minimum atomic E-state index is -2.02. The van der Waals surface area contributed by atoms with Crippen LogP contribution in [0.1, 0.15) is 18.1 Å². The molecule has 3 heteroatoms. The van der Waals surface area contributed by atoms with Crippen molar-refractivity contribution in [1.82, 2.24) is 4.98 Å². The Kier molecular flexibility index (Phi) is 2.69. The van der Waals surface area contributed by atoms with Gasteiger partial charge in [0.25, 0.3) is 0 Å². The third kappa shape index (κ3) is 2.18. The van der Waals surface area contributed by atoms with Gasteiger partial charge < -0.3 is 4.57 Å². The molecular weight excluding hydrogens is 169 g/mol. The second-order valence-corrected chi connectivity index (χ2v) is 7.04. The molecule has 0 aliphatic rings. The van der Waals surface area contributed by atoms with Crippen LogP contribution in [0, 0.1) is 0 Å². The molecule has 12 heavy (non-hydrogen) atoms. The van der Waals surface area contributed by atoms with E-state index in [4.69, 9.17) is 0 Å². The highest BCUT2D eigenvalue weighted by Crippen LogP contribution is 2.51. The molecule has 1 aromatic heterocycles. The first-order chi connectivity index (χ1) is 5.52. The second kappa shape index (κ2) is 3.40. The topological polar surface area (TPSA) is 30.0 Å². The maximum absolute atomic E-state index is 11.7. The van der Waals surface area contributed by atoms with Crippen molar-refractivity contribution in [3.63, 3.8) is 0 Å². The molecule has 0 N–H and O–H groups in total. The molecule has 1 heterocycles. The summed E-state index contributed by atoms with van der Waals surface area (Å²) in [7, 11) is -2.02. The van der Waals surface area contributed by atoms with Crippen LogP contribution in [0.2, 0.25) is 0 Å². The zero-order valence-corrected chi connectivity index (χ0v) is 8.58. The van der Waals surface area contributed by atoms with Gasteiger partial charge in [-0.05, 0) is 25.0 Å². The van der Waals surface area contributed by atoms with Crippen LogP contribution in [0.15, 0.2) is 24.5 Å². The summed E-state index contributed by atoms with van der Waals surface area (Å²) in [6.07, 6.45) is 3.51. The summed E-state index contributed by atoms with van der Waals surface area (Å²) in [5.41, 5.74) is 1.18. The van der Waals surface area contributed by atoms with Crippen LogP contribution < -0.4 is 0 Å². The number of nitrogens with zero attached hydrogens (tertiary/aromatic N) is 1. The Balaban J connectivity index is 2.94. The number of hydrogen-bond acceptors (Lipinski definition) is 2. The Hall–Kier alpha value is -0.620. The van der Waals surface area contributed by atoms with E-state index in [1.807, 2.05) is 32.4 Å². The molecular formula is C9H14NOP. The van der Waals surface area contributed by atoms with Crippen molar-refractivity contribution >= 4 is 7.14 Å². The van der Waals surface area contributed by atoms with E-state index < -0.39 is 7.14 Å². The highest BCUT2D eigenvalue weighted by Gasteiger charge is 2.19. The van der Waals surface area contributed by atoms with Gasteiger partial charge in [-0.1, -0.05) is 13.0 Å². The van der Waals surface area contributed by atoms with Crippen molar-refractivity contribution < 1.29 is 4.57 Å². The summed E-state index contributed by atoms with van der Waals surface area (Å²) in [6, 6.07) is 3.85. The molecule has 0 bridgehead atoms. The average molecular weight is 183 g/mol. The van der Waals surface area contributed by atoms with Crippen LogP contribution in [0.25, 0.3) is 0 Å². The summed E-state index contributed by atoms with van der Waals surface area (Å²) in [5.74, 6) is 0. The summed E-state index contributed by atoms with van der Waals surface area (Å²) in [6.45, 7) is 5.60. The van der Waals surface area contributed by atoms with Crippen molar-refractivity contribution in [2.75, 3.05) is 13.3 Å². The van der Waals surface area contributed by atoms with Gasteiger partial charge in [0.05, 0.1) is 7.14 Å². The first-order valence-corrected chi connectivity index (χ1v) is 6.63. The lowest BCUT2D eigenvalue weighted by atomic mass is 10.2. The summed E-state index contributed by atoms with van der Waals surface area (Å²) in [4.78, 5) is 4.00.